The average molecular weight is 1070 g/mol. The summed E-state index contributed by atoms with van der Waals surface area (Å²) in [5.74, 6) is -7.89. The number of carboxylic acid groups (broad SMARTS) is 1. The molecule has 71 heavy (non-hydrogen) atoms. The van der Waals surface area contributed by atoms with Crippen LogP contribution in [0.1, 0.15) is 95.6 Å². The number of aliphatic hydroxyl groups is 1. The number of anilines is 1. The van der Waals surface area contributed by atoms with Gasteiger partial charge in [0.15, 0.2) is 5.71 Å². The van der Waals surface area contributed by atoms with E-state index < -0.39 is 123 Å². The highest BCUT2D eigenvalue weighted by Crippen LogP contribution is 2.50. The average Bonchev–Trinajstić information content (AvgIpc) is 3.58. The van der Waals surface area contributed by atoms with E-state index in [1.165, 1.54) is 28.9 Å². The van der Waals surface area contributed by atoms with Crippen molar-refractivity contribution in [2.24, 2.45) is 0 Å². The van der Waals surface area contributed by atoms with Gasteiger partial charge >= 0.3 is 5.97 Å². The number of benzene rings is 2. The number of rotatable bonds is 23. The summed E-state index contributed by atoms with van der Waals surface area (Å²) in [5.41, 5.74) is -1.43. The number of carbonyl (C=O) groups is 5. The first-order valence-corrected chi connectivity index (χ1v) is 28.1. The van der Waals surface area contributed by atoms with E-state index in [0.29, 0.717) is 16.9 Å². The molecule has 0 saturated carbocycles. The van der Waals surface area contributed by atoms with Crippen molar-refractivity contribution in [1.82, 2.24) is 16.0 Å². The number of amides is 3. The molecule has 3 aliphatic rings. The van der Waals surface area contributed by atoms with Crippen LogP contribution in [0.15, 0.2) is 65.1 Å². The number of ketones is 1. The van der Waals surface area contributed by atoms with Gasteiger partial charge in [-0.25, -0.2) is 0 Å². The maximum atomic E-state index is 14.3. The van der Waals surface area contributed by atoms with Gasteiger partial charge in [-0.05, 0) is 62.6 Å². The van der Waals surface area contributed by atoms with E-state index in [9.17, 15) is 81.0 Å². The van der Waals surface area contributed by atoms with E-state index in [-0.39, 0.29) is 90.1 Å². The topological polar surface area (TPSA) is 386 Å². The molecule has 0 unspecified atom stereocenters. The minimum Gasteiger partial charge on any atom is -0.506 e. The molecule has 5 rings (SSSR count). The number of hydrogen-bond donors (Lipinski definition) is 9. The lowest BCUT2D eigenvalue weighted by Crippen LogP contribution is -2.35. The maximum Gasteiger partial charge on any atom is 0.303 e. The summed E-state index contributed by atoms with van der Waals surface area (Å²) in [6.45, 7) is 5.28. The Morgan fingerprint density at radius 1 is 0.676 bits per heavy atom. The summed E-state index contributed by atoms with van der Waals surface area (Å²) in [4.78, 5) is 67.3. The van der Waals surface area contributed by atoms with E-state index in [1.807, 2.05) is 0 Å². The fourth-order valence-electron chi connectivity index (χ4n) is 8.54. The number of aliphatic hydroxyl groups excluding tert-OH is 1. The third-order valence-corrected chi connectivity index (χ3v) is 14.9. The van der Waals surface area contributed by atoms with Crippen molar-refractivity contribution in [3.63, 3.8) is 0 Å². The molecule has 0 atom stereocenters. The summed E-state index contributed by atoms with van der Waals surface area (Å²) < 4.78 is 132. The van der Waals surface area contributed by atoms with E-state index in [4.69, 9.17) is 5.11 Å². The van der Waals surface area contributed by atoms with Crippen LogP contribution in [0.2, 0.25) is 0 Å². The smallest absolute Gasteiger partial charge is 0.303 e. The van der Waals surface area contributed by atoms with Gasteiger partial charge in [-0.15, -0.1) is 0 Å². The first kappa shape index (κ1) is 56.0. The second-order valence-corrected chi connectivity index (χ2v) is 24.2. The number of fused-ring (bicyclic) bond motifs is 2. The van der Waals surface area contributed by atoms with Crippen LogP contribution in [0.5, 0.6) is 0 Å². The summed E-state index contributed by atoms with van der Waals surface area (Å²) in [7, 11) is -18.0. The fourth-order valence-corrected chi connectivity index (χ4v) is 10.2. The number of allylic oxidation sites excluding steroid dienone is 5. The highest BCUT2D eigenvalue weighted by atomic mass is 32.2. The standard InChI is InChI=1S/C43H53N5O19S4/c1-42(2)30-21-25(39(53)44-11-5-8-35(49)50)9-10-31(30)47(14-6-16-68(56,57)58)33(42)23-28-37(51)29(38(28)52)24-34-43(3,4)36-27(41(55)46-13-19-71(65,66)67)20-26(40(54)45-12-18-70(62,63)64)22-32(36)48(34)15-7-17-69(59,60)61/h9-10,20-24H,5-8,11-19H2,1-4H3,(H8-,44,45,46,49,50,51,52,53,54,55,56,57,58,59,60,61,62,63,64,65,66,67)/p+1. The minimum atomic E-state index is -4.56. The van der Waals surface area contributed by atoms with Crippen molar-refractivity contribution in [2.75, 3.05) is 60.6 Å². The first-order valence-electron chi connectivity index (χ1n) is 21.7. The van der Waals surface area contributed by atoms with Gasteiger partial charge in [-0.3, -0.25) is 42.2 Å². The molecule has 3 amide bonds. The van der Waals surface area contributed by atoms with Gasteiger partial charge in [0.25, 0.3) is 58.2 Å². The monoisotopic (exact) mass is 1070 g/mol. The van der Waals surface area contributed by atoms with Gasteiger partial charge in [-0.1, -0.05) is 13.8 Å². The van der Waals surface area contributed by atoms with Crippen LogP contribution >= 0.6 is 0 Å². The van der Waals surface area contributed by atoms with Crippen LogP contribution < -0.4 is 20.9 Å². The van der Waals surface area contributed by atoms with Crippen LogP contribution in [0.4, 0.5) is 11.4 Å². The molecule has 2 aromatic carbocycles. The Hall–Kier alpha value is -5.88. The van der Waals surface area contributed by atoms with E-state index >= 15 is 0 Å². The lowest BCUT2D eigenvalue weighted by Gasteiger charge is -2.29. The van der Waals surface area contributed by atoms with Crippen molar-refractivity contribution >= 4 is 87.0 Å². The highest BCUT2D eigenvalue weighted by Gasteiger charge is 2.50. The Morgan fingerprint density at radius 2 is 1.23 bits per heavy atom. The molecule has 388 valence electrons. The molecule has 1 aliphatic carbocycles. The van der Waals surface area contributed by atoms with Crippen LogP contribution in [0.25, 0.3) is 0 Å². The van der Waals surface area contributed by atoms with Crippen molar-refractivity contribution in [2.45, 2.75) is 64.2 Å². The summed E-state index contributed by atoms with van der Waals surface area (Å²) >= 11 is 0. The maximum absolute atomic E-state index is 14.3. The van der Waals surface area contributed by atoms with Crippen molar-refractivity contribution in [1.29, 1.82) is 0 Å². The van der Waals surface area contributed by atoms with Gasteiger partial charge in [0.2, 0.25) is 11.5 Å². The normalized spacial score (nSPS) is 17.6. The number of hydrogen-bond acceptors (Lipinski definition) is 15. The Bertz CT molecular complexity index is 3170. The molecule has 0 spiro atoms. The van der Waals surface area contributed by atoms with Crippen LogP contribution in [-0.4, -0.2) is 158 Å². The molecule has 0 saturated heterocycles. The Morgan fingerprint density at radius 3 is 1.79 bits per heavy atom. The van der Waals surface area contributed by atoms with Gasteiger partial charge in [0.1, 0.15) is 12.3 Å². The molecule has 0 aromatic heterocycles. The fraction of sp³-hybridized carbons (Fsp3) is 0.442. The second-order valence-electron chi connectivity index (χ2n) is 17.9. The number of carbonyl (C=O) groups excluding carboxylic acids is 4. The number of carboxylic acids is 1. The lowest BCUT2D eigenvalue weighted by atomic mass is 9.76. The summed E-state index contributed by atoms with van der Waals surface area (Å²) in [5, 5.41) is 28.0. The largest absolute Gasteiger partial charge is 0.506 e. The predicted molar refractivity (Wildman–Crippen MR) is 256 cm³/mol. The molecule has 2 aliphatic heterocycles. The summed E-state index contributed by atoms with van der Waals surface area (Å²) in [6, 6.07) is 7.07. The first-order chi connectivity index (χ1) is 32.6. The zero-order valence-corrected chi connectivity index (χ0v) is 42.0. The Labute approximate surface area is 409 Å². The Balaban J connectivity index is 1.64. The van der Waals surface area contributed by atoms with Crippen LogP contribution in [-0.2, 0) is 60.9 Å². The van der Waals surface area contributed by atoms with Crippen LogP contribution in [0, 0.1) is 0 Å². The summed E-state index contributed by atoms with van der Waals surface area (Å²) in [6.07, 6.45) is 2.29. The number of aliphatic carboxylic acids is 1. The van der Waals surface area contributed by atoms with Crippen molar-refractivity contribution in [3.05, 3.63) is 92.9 Å². The van der Waals surface area contributed by atoms with Gasteiger partial charge < -0.3 is 31.1 Å². The molecule has 2 heterocycles. The zero-order valence-electron chi connectivity index (χ0n) is 38.8. The molecule has 24 nitrogen and oxygen atoms in total. The molecule has 2 aromatic rings. The van der Waals surface area contributed by atoms with Gasteiger partial charge in [0, 0.05) is 79.1 Å². The van der Waals surface area contributed by atoms with Gasteiger partial charge in [0.05, 0.1) is 50.7 Å². The second kappa shape index (κ2) is 21.1. The zero-order chi connectivity index (χ0) is 53.2. The number of nitrogens with zero attached hydrogens (tertiary/aromatic N) is 2. The van der Waals surface area contributed by atoms with E-state index in [1.54, 1.807) is 44.7 Å². The molecule has 28 heteroatoms. The molecule has 9 N–H and O–H groups in total. The van der Waals surface area contributed by atoms with Crippen molar-refractivity contribution < 1.29 is 90.6 Å². The predicted octanol–water partition coefficient (Wildman–Crippen LogP) is 1.45. The van der Waals surface area contributed by atoms with Crippen LogP contribution in [0.3, 0.4) is 0 Å². The SMILES string of the molecule is CC1(C)C(/C=C2\C(=O)C(/C=C3/N(CCCS(=O)(=O)O)c4ccc(C(=O)NCCCC(=O)O)cc4C3(C)C)=C2O)=[N+](CCCS(=O)(=O)O)c2cc(C(=O)NCCS(=O)(=O)O)cc(C(=O)NCCS(=O)(=O)O)c21. The van der Waals surface area contributed by atoms with E-state index in [2.05, 4.69) is 16.0 Å². The molecule has 0 fully saturated rings. The number of nitrogens with one attached hydrogen (secondary N) is 3. The van der Waals surface area contributed by atoms with Crippen molar-refractivity contribution in [3.8, 4) is 0 Å². The highest BCUT2D eigenvalue weighted by molar-refractivity contribution is 7.86. The third-order valence-electron chi connectivity index (χ3n) is 11.9. The number of Topliss-reactive ketones (excluding diaryl/α,β-unsaturated/α-hetero) is 1. The quantitative estimate of drug-likeness (QED) is 0.0329. The lowest BCUT2D eigenvalue weighted by molar-refractivity contribution is -0.437. The Kier molecular flexibility index (Phi) is 16.6. The molecular formula is C43H54N5O19S4+. The molecule has 0 bridgehead atoms. The minimum absolute atomic E-state index is 0.0249. The van der Waals surface area contributed by atoms with Gasteiger partial charge in [-0.2, -0.15) is 38.2 Å². The molecular weight excluding hydrogens is 1020 g/mol. The van der Waals surface area contributed by atoms with E-state index in [0.717, 1.165) is 6.07 Å². The molecule has 0 radical (unpaired) electrons. The third kappa shape index (κ3) is 13.8.